The van der Waals surface area contributed by atoms with E-state index in [1.807, 2.05) is 19.2 Å². The van der Waals surface area contributed by atoms with Crippen molar-refractivity contribution in [2.75, 3.05) is 27.2 Å². The summed E-state index contributed by atoms with van der Waals surface area (Å²) in [6.07, 6.45) is 6.60. The van der Waals surface area contributed by atoms with Gasteiger partial charge in [-0.15, -0.1) is 0 Å². The van der Waals surface area contributed by atoms with Crippen molar-refractivity contribution >= 4 is 0 Å². The molecule has 0 saturated heterocycles. The van der Waals surface area contributed by atoms with E-state index in [-0.39, 0.29) is 5.82 Å². The fourth-order valence-electron chi connectivity index (χ4n) is 3.61. The maximum absolute atomic E-state index is 13.7. The zero-order valence-electron chi connectivity index (χ0n) is 12.8. The molecule has 1 aromatic rings. The molecule has 0 heterocycles. The highest BCUT2D eigenvalue weighted by molar-refractivity contribution is 5.17. The summed E-state index contributed by atoms with van der Waals surface area (Å²) in [5.41, 5.74) is 1.16. The van der Waals surface area contributed by atoms with Gasteiger partial charge in [-0.25, -0.2) is 4.39 Å². The van der Waals surface area contributed by atoms with Crippen molar-refractivity contribution in [1.82, 2.24) is 10.2 Å². The number of hydrogen-bond donors (Lipinski definition) is 1. The van der Waals surface area contributed by atoms with Crippen LogP contribution in [0.5, 0.6) is 0 Å². The number of halogens is 1. The van der Waals surface area contributed by atoms with Crippen LogP contribution in [0.1, 0.15) is 37.7 Å². The molecule has 1 N–H and O–H groups in total. The van der Waals surface area contributed by atoms with E-state index in [4.69, 9.17) is 0 Å². The van der Waals surface area contributed by atoms with Gasteiger partial charge in [0.05, 0.1) is 0 Å². The molecule has 20 heavy (non-hydrogen) atoms. The summed E-state index contributed by atoms with van der Waals surface area (Å²) in [6, 6.07) is 7.10. The average Bonchev–Trinajstić information content (AvgIpc) is 2.42. The molecule has 3 heteroatoms. The van der Waals surface area contributed by atoms with Crippen LogP contribution < -0.4 is 5.32 Å². The van der Waals surface area contributed by atoms with Crippen LogP contribution in [0.4, 0.5) is 4.39 Å². The molecule has 1 aromatic carbocycles. The lowest BCUT2D eigenvalue weighted by Gasteiger charge is -2.40. The molecule has 112 valence electrons. The van der Waals surface area contributed by atoms with Gasteiger partial charge in [-0.1, -0.05) is 37.5 Å². The maximum Gasteiger partial charge on any atom is 0.127 e. The first-order chi connectivity index (χ1) is 9.65. The van der Waals surface area contributed by atoms with Crippen LogP contribution in [0.25, 0.3) is 0 Å². The predicted octanol–water partition coefficient (Wildman–Crippen LogP) is 3.43. The summed E-state index contributed by atoms with van der Waals surface area (Å²) < 4.78 is 13.7. The number of hydrogen-bond acceptors (Lipinski definition) is 2. The molecule has 0 radical (unpaired) electrons. The quantitative estimate of drug-likeness (QED) is 0.857. The van der Waals surface area contributed by atoms with Crippen LogP contribution in [0.15, 0.2) is 24.3 Å². The van der Waals surface area contributed by atoms with Gasteiger partial charge >= 0.3 is 0 Å². The van der Waals surface area contributed by atoms with Gasteiger partial charge in [-0.3, -0.25) is 0 Å². The van der Waals surface area contributed by atoms with Crippen molar-refractivity contribution in [3.05, 3.63) is 35.6 Å². The summed E-state index contributed by atoms with van der Waals surface area (Å²) in [5.74, 6) is -0.0920. The Labute approximate surface area is 122 Å². The summed E-state index contributed by atoms with van der Waals surface area (Å²) in [6.45, 7) is 2.80. The van der Waals surface area contributed by atoms with Crippen molar-refractivity contribution < 1.29 is 4.39 Å². The Morgan fingerprint density at radius 3 is 2.55 bits per heavy atom. The van der Waals surface area contributed by atoms with Gasteiger partial charge in [0.25, 0.3) is 0 Å². The third-order valence-corrected chi connectivity index (χ3v) is 4.47. The minimum atomic E-state index is -0.0920. The highest BCUT2D eigenvalue weighted by atomic mass is 19.1. The molecule has 0 atom stereocenters. The van der Waals surface area contributed by atoms with Gasteiger partial charge in [-0.2, -0.15) is 0 Å². The molecule has 1 saturated carbocycles. The van der Waals surface area contributed by atoms with Crippen molar-refractivity contribution in [2.45, 2.75) is 38.6 Å². The SMILES string of the molecule is CNCC1(CN(C)Cc2ccccc2F)CCCCC1. The van der Waals surface area contributed by atoms with Crippen LogP contribution in [0, 0.1) is 11.2 Å². The molecule has 0 spiro atoms. The van der Waals surface area contributed by atoms with E-state index >= 15 is 0 Å². The lowest BCUT2D eigenvalue weighted by molar-refractivity contribution is 0.115. The normalized spacial score (nSPS) is 18.4. The Kier molecular flexibility index (Phi) is 5.55. The van der Waals surface area contributed by atoms with Crippen LogP contribution in [-0.4, -0.2) is 32.1 Å². The van der Waals surface area contributed by atoms with E-state index in [0.29, 0.717) is 12.0 Å². The maximum atomic E-state index is 13.7. The summed E-state index contributed by atoms with van der Waals surface area (Å²) in [4.78, 5) is 2.28. The first-order valence-corrected chi connectivity index (χ1v) is 7.72. The van der Waals surface area contributed by atoms with Crippen molar-refractivity contribution in [3.63, 3.8) is 0 Å². The highest BCUT2D eigenvalue weighted by Gasteiger charge is 2.32. The number of rotatable bonds is 6. The second-order valence-electron chi connectivity index (χ2n) is 6.35. The molecule has 1 aliphatic rings. The first-order valence-electron chi connectivity index (χ1n) is 7.72. The fraction of sp³-hybridized carbons (Fsp3) is 0.647. The van der Waals surface area contributed by atoms with E-state index in [1.165, 1.54) is 32.1 Å². The van der Waals surface area contributed by atoms with Crippen LogP contribution in [0.2, 0.25) is 0 Å². The molecular formula is C17H27FN2. The topological polar surface area (TPSA) is 15.3 Å². The second kappa shape index (κ2) is 7.19. The minimum Gasteiger partial charge on any atom is -0.319 e. The van der Waals surface area contributed by atoms with Crippen molar-refractivity contribution in [3.8, 4) is 0 Å². The Bertz CT molecular complexity index is 408. The molecule has 0 aromatic heterocycles. The first kappa shape index (κ1) is 15.5. The average molecular weight is 278 g/mol. The van der Waals surface area contributed by atoms with Crippen molar-refractivity contribution in [2.24, 2.45) is 5.41 Å². The van der Waals surface area contributed by atoms with Gasteiger partial charge in [0.1, 0.15) is 5.82 Å². The van der Waals surface area contributed by atoms with E-state index in [1.54, 1.807) is 12.1 Å². The monoisotopic (exact) mass is 278 g/mol. The molecule has 2 rings (SSSR count). The Hall–Kier alpha value is -0.930. The Balaban J connectivity index is 1.98. The van der Waals surface area contributed by atoms with E-state index in [2.05, 4.69) is 17.3 Å². The lowest BCUT2D eigenvalue weighted by atomic mass is 9.73. The zero-order chi connectivity index (χ0) is 14.4. The van der Waals surface area contributed by atoms with Gasteiger partial charge < -0.3 is 10.2 Å². The summed E-state index contributed by atoms with van der Waals surface area (Å²) in [7, 11) is 4.14. The molecule has 0 unspecified atom stereocenters. The Morgan fingerprint density at radius 2 is 1.90 bits per heavy atom. The van der Waals surface area contributed by atoms with Crippen LogP contribution in [-0.2, 0) is 6.54 Å². The fourth-order valence-corrected chi connectivity index (χ4v) is 3.61. The van der Waals surface area contributed by atoms with Crippen LogP contribution >= 0.6 is 0 Å². The summed E-state index contributed by atoms with van der Waals surface area (Å²) in [5, 5.41) is 3.36. The molecule has 0 amide bonds. The van der Waals surface area contributed by atoms with Gasteiger partial charge in [0, 0.05) is 25.2 Å². The number of nitrogens with one attached hydrogen (secondary N) is 1. The highest BCUT2D eigenvalue weighted by Crippen LogP contribution is 2.36. The molecule has 2 nitrogen and oxygen atoms in total. The molecule has 0 bridgehead atoms. The minimum absolute atomic E-state index is 0.0920. The molecule has 1 fully saturated rings. The standard InChI is InChI=1S/C17H27FN2/c1-19-13-17(10-6-3-7-11-17)14-20(2)12-15-8-4-5-9-16(15)18/h4-5,8-9,19H,3,6-7,10-14H2,1-2H3. The van der Waals surface area contributed by atoms with Gasteiger partial charge in [0.2, 0.25) is 0 Å². The third-order valence-electron chi connectivity index (χ3n) is 4.47. The van der Waals surface area contributed by atoms with Crippen molar-refractivity contribution in [1.29, 1.82) is 0 Å². The number of nitrogens with zero attached hydrogens (tertiary/aromatic N) is 1. The van der Waals surface area contributed by atoms with Gasteiger partial charge in [-0.05, 0) is 38.4 Å². The molecule has 0 aliphatic heterocycles. The molecular weight excluding hydrogens is 251 g/mol. The van der Waals surface area contributed by atoms with E-state index < -0.39 is 0 Å². The predicted molar refractivity (Wildman–Crippen MR) is 82.2 cm³/mol. The molecule has 1 aliphatic carbocycles. The second-order valence-corrected chi connectivity index (χ2v) is 6.35. The smallest absolute Gasteiger partial charge is 0.127 e. The summed E-state index contributed by atoms with van der Waals surface area (Å²) >= 11 is 0. The van der Waals surface area contributed by atoms with Crippen LogP contribution in [0.3, 0.4) is 0 Å². The van der Waals surface area contributed by atoms with E-state index in [9.17, 15) is 4.39 Å². The zero-order valence-corrected chi connectivity index (χ0v) is 12.8. The van der Waals surface area contributed by atoms with Gasteiger partial charge in [0.15, 0.2) is 0 Å². The largest absolute Gasteiger partial charge is 0.319 e. The Morgan fingerprint density at radius 1 is 1.20 bits per heavy atom. The lowest BCUT2D eigenvalue weighted by Crippen LogP contribution is -2.43. The number of benzene rings is 1. The third kappa shape index (κ3) is 4.03. The van der Waals surface area contributed by atoms with E-state index in [0.717, 1.165) is 18.7 Å².